The van der Waals surface area contributed by atoms with E-state index in [1.54, 1.807) is 30.3 Å². The predicted molar refractivity (Wildman–Crippen MR) is 92.1 cm³/mol. The first-order valence-corrected chi connectivity index (χ1v) is 8.97. The molecule has 0 unspecified atom stereocenters. The minimum Gasteiger partial charge on any atom is -0.456 e. The van der Waals surface area contributed by atoms with E-state index in [0.717, 1.165) is 6.26 Å². The number of para-hydroxylation sites is 1. The number of benzene rings is 2. The molecule has 0 aliphatic rings. The Hall–Kier alpha value is -3.07. The van der Waals surface area contributed by atoms with E-state index in [-0.39, 0.29) is 17.3 Å². The topological polar surface area (TPSA) is 134 Å². The molecule has 0 heterocycles. The van der Waals surface area contributed by atoms with Gasteiger partial charge >= 0.3 is 6.09 Å². The van der Waals surface area contributed by atoms with Gasteiger partial charge in [0.1, 0.15) is 23.0 Å². The van der Waals surface area contributed by atoms with Crippen LogP contribution in [0.2, 0.25) is 0 Å². The Bertz CT molecular complexity index is 891. The lowest BCUT2D eigenvalue weighted by Gasteiger charge is -2.12. The highest BCUT2D eigenvalue weighted by molar-refractivity contribution is 7.90. The van der Waals surface area contributed by atoms with E-state index in [4.69, 9.17) is 20.9 Å². The molecule has 9 heteroatoms. The van der Waals surface area contributed by atoms with Gasteiger partial charge in [0.15, 0.2) is 15.8 Å². The molecule has 0 atom stereocenters. The number of aliphatic imine (C=N–C) groups is 1. The van der Waals surface area contributed by atoms with Crippen LogP contribution in [0.3, 0.4) is 0 Å². The molecule has 0 spiro atoms. The second-order valence-corrected chi connectivity index (χ2v) is 7.04. The highest BCUT2D eigenvalue weighted by Gasteiger charge is 2.17. The van der Waals surface area contributed by atoms with Crippen LogP contribution in [-0.2, 0) is 21.2 Å². The number of sulfone groups is 1. The zero-order chi connectivity index (χ0) is 18.4. The van der Waals surface area contributed by atoms with Crippen molar-refractivity contribution in [3.05, 3.63) is 54.1 Å². The number of carbonyl (C=O) groups excluding carboxylic acids is 1. The minimum atomic E-state index is -3.57. The van der Waals surface area contributed by atoms with Gasteiger partial charge in [-0.1, -0.05) is 24.3 Å². The van der Waals surface area contributed by atoms with E-state index in [1.165, 1.54) is 12.1 Å². The summed E-state index contributed by atoms with van der Waals surface area (Å²) in [5.74, 6) is 0.251. The number of carbonyl (C=O) groups is 1. The highest BCUT2D eigenvalue weighted by atomic mass is 32.2. The van der Waals surface area contributed by atoms with Gasteiger partial charge in [-0.05, 0) is 29.8 Å². The van der Waals surface area contributed by atoms with Crippen LogP contribution in [0.4, 0.5) is 4.79 Å². The average molecular weight is 363 g/mol. The molecule has 2 aromatic rings. The lowest BCUT2D eigenvalue weighted by molar-refractivity contribution is 0.150. The number of nitrogens with zero attached hydrogens (tertiary/aromatic N) is 1. The van der Waals surface area contributed by atoms with Gasteiger partial charge < -0.3 is 20.9 Å². The number of guanidine groups is 1. The molecule has 0 aliphatic heterocycles. The summed E-state index contributed by atoms with van der Waals surface area (Å²) >= 11 is 0. The van der Waals surface area contributed by atoms with Gasteiger partial charge in [0.05, 0.1) is 0 Å². The van der Waals surface area contributed by atoms with Crippen LogP contribution in [0.25, 0.3) is 0 Å². The molecule has 0 radical (unpaired) electrons. The molecule has 0 saturated heterocycles. The molecule has 4 N–H and O–H groups in total. The summed E-state index contributed by atoms with van der Waals surface area (Å²) < 4.78 is 34.5. The third-order valence-electron chi connectivity index (χ3n) is 2.96. The largest absolute Gasteiger partial charge is 0.456 e. The van der Waals surface area contributed by atoms with Gasteiger partial charge in [-0.3, -0.25) is 0 Å². The fourth-order valence-electron chi connectivity index (χ4n) is 1.91. The van der Waals surface area contributed by atoms with Gasteiger partial charge in [0.2, 0.25) is 0 Å². The number of amides is 1. The van der Waals surface area contributed by atoms with Crippen molar-refractivity contribution in [1.82, 2.24) is 0 Å². The average Bonchev–Trinajstić information content (AvgIpc) is 2.53. The van der Waals surface area contributed by atoms with Crippen LogP contribution in [0.15, 0.2) is 58.4 Å². The van der Waals surface area contributed by atoms with Gasteiger partial charge in [0, 0.05) is 6.26 Å². The molecule has 25 heavy (non-hydrogen) atoms. The smallest absolute Gasteiger partial charge is 0.437 e. The highest BCUT2D eigenvalue weighted by Crippen LogP contribution is 2.30. The Morgan fingerprint density at radius 1 is 1.12 bits per heavy atom. The number of nitrogens with two attached hydrogens (primary N) is 2. The number of hydrogen-bond acceptors (Lipinski definition) is 5. The summed E-state index contributed by atoms with van der Waals surface area (Å²) in [6.07, 6.45) is 0.0978. The van der Waals surface area contributed by atoms with Crippen LogP contribution in [0.1, 0.15) is 5.56 Å². The van der Waals surface area contributed by atoms with Crippen LogP contribution < -0.4 is 16.2 Å². The SMILES string of the molecule is CS(=O)(=O)c1cc(COC(=O)N=C(N)N)ccc1Oc1ccccc1. The van der Waals surface area contributed by atoms with Crippen molar-refractivity contribution in [2.45, 2.75) is 11.5 Å². The van der Waals surface area contributed by atoms with E-state index >= 15 is 0 Å². The van der Waals surface area contributed by atoms with Gasteiger partial charge in [-0.2, -0.15) is 0 Å². The lowest BCUT2D eigenvalue weighted by atomic mass is 10.2. The molecule has 0 aromatic heterocycles. The van der Waals surface area contributed by atoms with Crippen LogP contribution in [0.5, 0.6) is 11.5 Å². The third kappa shape index (κ3) is 5.50. The second-order valence-electron chi connectivity index (χ2n) is 5.06. The summed E-state index contributed by atoms with van der Waals surface area (Å²) in [6, 6.07) is 13.2. The third-order valence-corrected chi connectivity index (χ3v) is 4.08. The molecular formula is C16H17N3O5S. The summed E-state index contributed by atoms with van der Waals surface area (Å²) in [6.45, 7) is -0.191. The quantitative estimate of drug-likeness (QED) is 0.611. The van der Waals surface area contributed by atoms with Crippen molar-refractivity contribution in [2.75, 3.05) is 6.26 Å². The first-order valence-electron chi connectivity index (χ1n) is 7.08. The maximum atomic E-state index is 12.0. The van der Waals surface area contributed by atoms with Crippen LogP contribution >= 0.6 is 0 Å². The van der Waals surface area contributed by atoms with Gasteiger partial charge in [0.25, 0.3) is 0 Å². The number of hydrogen-bond donors (Lipinski definition) is 2. The standard InChI is InChI=1S/C16H17N3O5S/c1-25(21,22)14-9-11(10-23-16(20)19-15(17)18)7-8-13(14)24-12-5-3-2-4-6-12/h2-9H,10H2,1H3,(H4,17,18,19,20). The Morgan fingerprint density at radius 3 is 2.40 bits per heavy atom. The van der Waals surface area contributed by atoms with E-state index in [0.29, 0.717) is 11.3 Å². The molecule has 0 fully saturated rings. The van der Waals surface area contributed by atoms with E-state index in [1.807, 2.05) is 6.07 Å². The molecule has 2 rings (SSSR count). The summed E-state index contributed by atoms with van der Waals surface area (Å²) in [5.41, 5.74) is 10.6. The minimum absolute atomic E-state index is 0.0215. The van der Waals surface area contributed by atoms with Crippen molar-refractivity contribution in [3.63, 3.8) is 0 Å². The number of rotatable bonds is 5. The van der Waals surface area contributed by atoms with Crippen molar-refractivity contribution >= 4 is 21.9 Å². The van der Waals surface area contributed by atoms with Gasteiger partial charge in [-0.15, -0.1) is 4.99 Å². The first kappa shape index (κ1) is 18.3. The summed E-state index contributed by atoms with van der Waals surface area (Å²) in [7, 11) is -3.57. The maximum absolute atomic E-state index is 12.0. The molecule has 0 aliphatic carbocycles. The van der Waals surface area contributed by atoms with E-state index < -0.39 is 21.9 Å². The fourth-order valence-corrected chi connectivity index (χ4v) is 2.76. The molecule has 8 nitrogen and oxygen atoms in total. The zero-order valence-corrected chi connectivity index (χ0v) is 14.2. The molecule has 0 bridgehead atoms. The van der Waals surface area contributed by atoms with E-state index in [9.17, 15) is 13.2 Å². The van der Waals surface area contributed by atoms with Crippen molar-refractivity contribution < 1.29 is 22.7 Å². The molecule has 0 saturated carbocycles. The van der Waals surface area contributed by atoms with Crippen molar-refractivity contribution in [2.24, 2.45) is 16.5 Å². The molecule has 132 valence electrons. The normalized spacial score (nSPS) is 10.8. The first-order chi connectivity index (χ1) is 11.8. The fraction of sp³-hybridized carbons (Fsp3) is 0.125. The Kier molecular flexibility index (Phi) is 5.60. The summed E-state index contributed by atoms with van der Waals surface area (Å²) in [4.78, 5) is 14.5. The summed E-state index contributed by atoms with van der Waals surface area (Å²) in [5, 5.41) is 0. The zero-order valence-electron chi connectivity index (χ0n) is 13.4. The van der Waals surface area contributed by atoms with Gasteiger partial charge in [-0.25, -0.2) is 13.2 Å². The van der Waals surface area contributed by atoms with Crippen LogP contribution in [0, 0.1) is 0 Å². The van der Waals surface area contributed by atoms with Crippen molar-refractivity contribution in [3.8, 4) is 11.5 Å². The van der Waals surface area contributed by atoms with E-state index in [2.05, 4.69) is 4.99 Å². The Balaban J connectivity index is 2.25. The molecule has 1 amide bonds. The molecular weight excluding hydrogens is 346 g/mol. The lowest BCUT2D eigenvalue weighted by Crippen LogP contribution is -2.24. The Labute approximate surface area is 145 Å². The predicted octanol–water partition coefficient (Wildman–Crippen LogP) is 1.79. The Morgan fingerprint density at radius 2 is 1.80 bits per heavy atom. The van der Waals surface area contributed by atoms with Crippen molar-refractivity contribution in [1.29, 1.82) is 0 Å². The maximum Gasteiger partial charge on any atom is 0.437 e. The van der Waals surface area contributed by atoms with Crippen LogP contribution in [-0.4, -0.2) is 26.7 Å². The molecule has 2 aromatic carbocycles. The number of ether oxygens (including phenoxy) is 2. The second kappa shape index (κ2) is 7.67. The monoisotopic (exact) mass is 363 g/mol.